The number of imidazole rings is 2. The van der Waals surface area contributed by atoms with Crippen molar-refractivity contribution in [2.45, 2.75) is 26.7 Å². The summed E-state index contributed by atoms with van der Waals surface area (Å²) < 4.78 is 0. The Bertz CT molecular complexity index is 1290. The molecule has 0 fully saturated rings. The van der Waals surface area contributed by atoms with Crippen LogP contribution in [0.3, 0.4) is 0 Å². The molecule has 4 heteroatoms. The first-order valence-electron chi connectivity index (χ1n) is 9.81. The number of aryl methyl sites for hydroxylation is 2. The Labute approximate surface area is 163 Å². The SMILES string of the molecule is CCc1cccc(-c2nc3ccc(-c4ccc5nc(CC)[nH]c5c4)cc3[nH]2)c1. The standard InChI is InChI=1S/C24H22N4/c1-3-15-6-5-7-18(12-15)24-27-20-11-9-17(14-22(20)28-24)16-8-10-19-21(13-16)26-23(4-2)25-19/h5-14H,3-4H2,1-2H3,(H,25,26)(H,27,28). The van der Waals surface area contributed by atoms with Crippen LogP contribution in [0, 0.1) is 0 Å². The van der Waals surface area contributed by atoms with Crippen molar-refractivity contribution in [1.29, 1.82) is 0 Å². The van der Waals surface area contributed by atoms with Crippen molar-refractivity contribution >= 4 is 22.1 Å². The van der Waals surface area contributed by atoms with Crippen molar-refractivity contribution in [3.63, 3.8) is 0 Å². The monoisotopic (exact) mass is 366 g/mol. The van der Waals surface area contributed by atoms with E-state index in [1.807, 2.05) is 0 Å². The van der Waals surface area contributed by atoms with Crippen molar-refractivity contribution in [1.82, 2.24) is 19.9 Å². The van der Waals surface area contributed by atoms with E-state index in [0.29, 0.717) is 0 Å². The van der Waals surface area contributed by atoms with Crippen LogP contribution >= 0.6 is 0 Å². The second-order valence-corrected chi connectivity index (χ2v) is 7.14. The van der Waals surface area contributed by atoms with E-state index in [-0.39, 0.29) is 0 Å². The minimum Gasteiger partial charge on any atom is -0.342 e. The predicted octanol–water partition coefficient (Wildman–Crippen LogP) is 5.90. The lowest BCUT2D eigenvalue weighted by atomic mass is 10.0. The van der Waals surface area contributed by atoms with Gasteiger partial charge >= 0.3 is 0 Å². The van der Waals surface area contributed by atoms with Crippen LogP contribution in [0.25, 0.3) is 44.6 Å². The smallest absolute Gasteiger partial charge is 0.138 e. The highest BCUT2D eigenvalue weighted by Gasteiger charge is 2.09. The molecule has 2 aromatic heterocycles. The molecule has 3 aromatic carbocycles. The molecule has 0 bridgehead atoms. The molecule has 4 nitrogen and oxygen atoms in total. The fourth-order valence-electron chi connectivity index (χ4n) is 3.67. The van der Waals surface area contributed by atoms with E-state index in [1.165, 1.54) is 16.7 Å². The van der Waals surface area contributed by atoms with E-state index < -0.39 is 0 Å². The van der Waals surface area contributed by atoms with E-state index in [0.717, 1.165) is 52.1 Å². The highest BCUT2D eigenvalue weighted by atomic mass is 14.9. The van der Waals surface area contributed by atoms with Gasteiger partial charge in [0.05, 0.1) is 22.1 Å². The Hall–Kier alpha value is -3.40. The van der Waals surface area contributed by atoms with Crippen molar-refractivity contribution in [2.24, 2.45) is 0 Å². The van der Waals surface area contributed by atoms with Crippen molar-refractivity contribution in [3.05, 3.63) is 72.1 Å². The maximum absolute atomic E-state index is 4.79. The molecular weight excluding hydrogens is 344 g/mol. The summed E-state index contributed by atoms with van der Waals surface area (Å²) in [5.41, 5.74) is 8.91. The third kappa shape index (κ3) is 2.87. The van der Waals surface area contributed by atoms with Crippen molar-refractivity contribution in [3.8, 4) is 22.5 Å². The number of nitrogens with one attached hydrogen (secondary N) is 2. The molecule has 0 amide bonds. The zero-order chi connectivity index (χ0) is 19.1. The minimum atomic E-state index is 0.909. The highest BCUT2D eigenvalue weighted by molar-refractivity contribution is 5.87. The fourth-order valence-corrected chi connectivity index (χ4v) is 3.67. The van der Waals surface area contributed by atoms with Crippen LogP contribution in [0.5, 0.6) is 0 Å². The Morgan fingerprint density at radius 1 is 0.679 bits per heavy atom. The van der Waals surface area contributed by atoms with Crippen LogP contribution in [-0.4, -0.2) is 19.9 Å². The first-order chi connectivity index (χ1) is 13.7. The van der Waals surface area contributed by atoms with Gasteiger partial charge in [-0.05, 0) is 53.4 Å². The van der Waals surface area contributed by atoms with Gasteiger partial charge in [0, 0.05) is 12.0 Å². The van der Waals surface area contributed by atoms with E-state index in [1.54, 1.807) is 0 Å². The number of hydrogen-bond donors (Lipinski definition) is 2. The van der Waals surface area contributed by atoms with Crippen LogP contribution in [0.1, 0.15) is 25.2 Å². The van der Waals surface area contributed by atoms with Gasteiger partial charge in [-0.1, -0.05) is 44.2 Å². The number of nitrogens with zero attached hydrogens (tertiary/aromatic N) is 2. The summed E-state index contributed by atoms with van der Waals surface area (Å²) in [4.78, 5) is 16.3. The first kappa shape index (κ1) is 16.8. The van der Waals surface area contributed by atoms with E-state index >= 15 is 0 Å². The lowest BCUT2D eigenvalue weighted by Gasteiger charge is -2.02. The van der Waals surface area contributed by atoms with Crippen molar-refractivity contribution in [2.75, 3.05) is 0 Å². The van der Waals surface area contributed by atoms with Crippen LogP contribution in [0.4, 0.5) is 0 Å². The Balaban J connectivity index is 1.56. The molecule has 0 saturated carbocycles. The quantitative estimate of drug-likeness (QED) is 0.416. The van der Waals surface area contributed by atoms with E-state index in [4.69, 9.17) is 4.98 Å². The summed E-state index contributed by atoms with van der Waals surface area (Å²) in [6.07, 6.45) is 1.93. The first-order valence-corrected chi connectivity index (χ1v) is 9.81. The van der Waals surface area contributed by atoms with Gasteiger partial charge in [-0.15, -0.1) is 0 Å². The normalized spacial score (nSPS) is 11.5. The maximum Gasteiger partial charge on any atom is 0.138 e. The molecule has 5 rings (SSSR count). The van der Waals surface area contributed by atoms with Gasteiger partial charge in [-0.25, -0.2) is 9.97 Å². The third-order valence-electron chi connectivity index (χ3n) is 5.29. The molecule has 0 saturated heterocycles. The number of benzene rings is 3. The molecule has 0 aliphatic carbocycles. The number of aromatic amines is 2. The molecule has 138 valence electrons. The third-order valence-corrected chi connectivity index (χ3v) is 5.29. The number of fused-ring (bicyclic) bond motifs is 2. The Morgan fingerprint density at radius 2 is 1.39 bits per heavy atom. The molecule has 0 unspecified atom stereocenters. The molecule has 0 atom stereocenters. The van der Waals surface area contributed by atoms with Crippen LogP contribution in [0.15, 0.2) is 60.7 Å². The number of H-pyrrole nitrogens is 2. The molecule has 2 heterocycles. The predicted molar refractivity (Wildman–Crippen MR) is 115 cm³/mol. The zero-order valence-electron chi connectivity index (χ0n) is 16.1. The average Bonchev–Trinajstić information content (AvgIpc) is 3.36. The topological polar surface area (TPSA) is 57.4 Å². The number of hydrogen-bond acceptors (Lipinski definition) is 2. The highest BCUT2D eigenvalue weighted by Crippen LogP contribution is 2.28. The van der Waals surface area contributed by atoms with Crippen LogP contribution < -0.4 is 0 Å². The Kier molecular flexibility index (Phi) is 3.97. The molecular formula is C24H22N4. The van der Waals surface area contributed by atoms with Gasteiger partial charge in [-0.3, -0.25) is 0 Å². The van der Waals surface area contributed by atoms with Crippen LogP contribution in [-0.2, 0) is 12.8 Å². The van der Waals surface area contributed by atoms with E-state index in [2.05, 4.69) is 89.5 Å². The fraction of sp³-hybridized carbons (Fsp3) is 0.167. The average molecular weight is 366 g/mol. The lowest BCUT2D eigenvalue weighted by molar-refractivity contribution is 1.00. The second-order valence-electron chi connectivity index (χ2n) is 7.14. The summed E-state index contributed by atoms with van der Waals surface area (Å²) in [5, 5.41) is 0. The largest absolute Gasteiger partial charge is 0.342 e. The summed E-state index contributed by atoms with van der Waals surface area (Å²) in [5.74, 6) is 1.94. The molecule has 0 radical (unpaired) electrons. The minimum absolute atomic E-state index is 0.909. The second kappa shape index (κ2) is 6.64. The van der Waals surface area contributed by atoms with Gasteiger partial charge in [0.25, 0.3) is 0 Å². The number of rotatable bonds is 4. The summed E-state index contributed by atoms with van der Waals surface area (Å²) >= 11 is 0. The molecule has 28 heavy (non-hydrogen) atoms. The molecule has 5 aromatic rings. The maximum atomic E-state index is 4.79. The molecule has 0 aliphatic rings. The number of aromatic nitrogens is 4. The van der Waals surface area contributed by atoms with Crippen LogP contribution in [0.2, 0.25) is 0 Å². The van der Waals surface area contributed by atoms with E-state index in [9.17, 15) is 0 Å². The van der Waals surface area contributed by atoms with Crippen molar-refractivity contribution < 1.29 is 0 Å². The van der Waals surface area contributed by atoms with Gasteiger partial charge in [-0.2, -0.15) is 0 Å². The van der Waals surface area contributed by atoms with Gasteiger partial charge in [0.1, 0.15) is 11.6 Å². The summed E-state index contributed by atoms with van der Waals surface area (Å²) in [6.45, 7) is 4.28. The summed E-state index contributed by atoms with van der Waals surface area (Å²) in [7, 11) is 0. The lowest BCUT2D eigenvalue weighted by Crippen LogP contribution is -1.84. The van der Waals surface area contributed by atoms with Gasteiger partial charge in [0.2, 0.25) is 0 Å². The molecule has 0 spiro atoms. The van der Waals surface area contributed by atoms with Gasteiger partial charge < -0.3 is 9.97 Å². The van der Waals surface area contributed by atoms with Gasteiger partial charge in [0.15, 0.2) is 0 Å². The summed E-state index contributed by atoms with van der Waals surface area (Å²) in [6, 6.07) is 21.3. The molecule has 2 N–H and O–H groups in total. The zero-order valence-corrected chi connectivity index (χ0v) is 16.1. The molecule has 0 aliphatic heterocycles. The Morgan fingerprint density at radius 3 is 2.11 bits per heavy atom.